The lowest BCUT2D eigenvalue weighted by molar-refractivity contribution is 0.432. The van der Waals surface area contributed by atoms with Gasteiger partial charge in [-0.25, -0.2) is 0 Å². The Morgan fingerprint density at radius 2 is 2.11 bits per heavy atom. The standard InChI is InChI=1S/C13H10N2O3S/c1-19(16)11-4-2-3-9(7-11)13-14-12(15-18-13)10-5-6-17-8-10/h2-8H,1H3. The van der Waals surface area contributed by atoms with E-state index in [-0.39, 0.29) is 0 Å². The molecule has 0 bridgehead atoms. The Hall–Kier alpha value is -2.21. The van der Waals surface area contributed by atoms with Crippen molar-refractivity contribution in [2.45, 2.75) is 4.90 Å². The van der Waals surface area contributed by atoms with Gasteiger partial charge in [0.25, 0.3) is 5.89 Å². The fourth-order valence-electron chi connectivity index (χ4n) is 1.66. The molecule has 6 heteroatoms. The minimum Gasteiger partial charge on any atom is -0.472 e. The molecule has 0 amide bonds. The molecule has 0 saturated carbocycles. The lowest BCUT2D eigenvalue weighted by Gasteiger charge is -1.97. The van der Waals surface area contributed by atoms with E-state index in [1.165, 1.54) is 0 Å². The smallest absolute Gasteiger partial charge is 0.258 e. The summed E-state index contributed by atoms with van der Waals surface area (Å²) in [6, 6.07) is 8.98. The normalized spacial score (nSPS) is 12.5. The summed E-state index contributed by atoms with van der Waals surface area (Å²) in [4.78, 5) is 5.01. The molecule has 2 heterocycles. The SMILES string of the molecule is CS(=O)c1cccc(-c2nc(-c3ccoc3)no2)c1. The molecule has 0 aliphatic heterocycles. The summed E-state index contributed by atoms with van der Waals surface area (Å²) >= 11 is 0. The van der Waals surface area contributed by atoms with Crippen LogP contribution in [0.4, 0.5) is 0 Å². The van der Waals surface area contributed by atoms with Crippen molar-refractivity contribution < 1.29 is 13.1 Å². The Labute approximate surface area is 111 Å². The fourth-order valence-corrected chi connectivity index (χ4v) is 2.22. The summed E-state index contributed by atoms with van der Waals surface area (Å²) in [6.45, 7) is 0. The van der Waals surface area contributed by atoms with Crippen molar-refractivity contribution in [2.24, 2.45) is 0 Å². The summed E-state index contributed by atoms with van der Waals surface area (Å²) in [5.41, 5.74) is 1.50. The molecular formula is C13H10N2O3S. The average molecular weight is 274 g/mol. The molecule has 3 rings (SSSR count). The first-order chi connectivity index (χ1) is 9.24. The number of rotatable bonds is 3. The number of hydrogen-bond acceptors (Lipinski definition) is 5. The van der Waals surface area contributed by atoms with E-state index in [1.807, 2.05) is 12.1 Å². The predicted molar refractivity (Wildman–Crippen MR) is 69.8 cm³/mol. The molecule has 0 fully saturated rings. The van der Waals surface area contributed by atoms with Crippen molar-refractivity contribution in [1.29, 1.82) is 0 Å². The Morgan fingerprint density at radius 1 is 1.21 bits per heavy atom. The molecule has 0 radical (unpaired) electrons. The minimum absolute atomic E-state index is 0.392. The monoisotopic (exact) mass is 274 g/mol. The maximum Gasteiger partial charge on any atom is 0.258 e. The lowest BCUT2D eigenvalue weighted by Crippen LogP contribution is -1.87. The predicted octanol–water partition coefficient (Wildman–Crippen LogP) is 2.73. The average Bonchev–Trinajstić information content (AvgIpc) is 3.09. The summed E-state index contributed by atoms with van der Waals surface area (Å²) < 4.78 is 21.6. The van der Waals surface area contributed by atoms with E-state index in [0.717, 1.165) is 16.0 Å². The molecular weight excluding hydrogens is 264 g/mol. The van der Waals surface area contributed by atoms with E-state index in [2.05, 4.69) is 10.1 Å². The Balaban J connectivity index is 1.99. The first kappa shape index (κ1) is 11.9. The van der Waals surface area contributed by atoms with E-state index in [4.69, 9.17) is 8.94 Å². The highest BCUT2D eigenvalue weighted by atomic mass is 32.2. The molecule has 19 heavy (non-hydrogen) atoms. The van der Waals surface area contributed by atoms with E-state index < -0.39 is 10.8 Å². The van der Waals surface area contributed by atoms with Gasteiger partial charge in [0.15, 0.2) is 0 Å². The van der Waals surface area contributed by atoms with Crippen LogP contribution in [0.1, 0.15) is 0 Å². The van der Waals surface area contributed by atoms with Crippen LogP contribution in [-0.2, 0) is 10.8 Å². The number of aromatic nitrogens is 2. The van der Waals surface area contributed by atoms with Crippen LogP contribution in [0.25, 0.3) is 22.8 Å². The van der Waals surface area contributed by atoms with Gasteiger partial charge in [-0.05, 0) is 24.3 Å². The molecule has 1 aromatic carbocycles. The maximum atomic E-state index is 11.5. The fraction of sp³-hybridized carbons (Fsp3) is 0.0769. The quantitative estimate of drug-likeness (QED) is 0.734. The van der Waals surface area contributed by atoms with Crippen molar-refractivity contribution in [1.82, 2.24) is 10.1 Å². The highest BCUT2D eigenvalue weighted by Gasteiger charge is 2.12. The van der Waals surface area contributed by atoms with Crippen LogP contribution in [-0.4, -0.2) is 20.6 Å². The van der Waals surface area contributed by atoms with Gasteiger partial charge in [0.1, 0.15) is 6.26 Å². The highest BCUT2D eigenvalue weighted by Crippen LogP contribution is 2.23. The number of hydrogen-bond donors (Lipinski definition) is 0. The van der Waals surface area contributed by atoms with Crippen molar-refractivity contribution >= 4 is 10.8 Å². The van der Waals surface area contributed by atoms with Gasteiger partial charge in [-0.2, -0.15) is 4.98 Å². The number of benzene rings is 1. The van der Waals surface area contributed by atoms with Gasteiger partial charge in [-0.3, -0.25) is 4.21 Å². The van der Waals surface area contributed by atoms with Gasteiger partial charge >= 0.3 is 0 Å². The van der Waals surface area contributed by atoms with E-state index in [0.29, 0.717) is 11.7 Å². The van der Waals surface area contributed by atoms with E-state index in [1.54, 1.807) is 37.0 Å². The molecule has 5 nitrogen and oxygen atoms in total. The van der Waals surface area contributed by atoms with Crippen molar-refractivity contribution in [2.75, 3.05) is 6.26 Å². The van der Waals surface area contributed by atoms with Crippen molar-refractivity contribution in [3.63, 3.8) is 0 Å². The van der Waals surface area contributed by atoms with Crippen LogP contribution in [0, 0.1) is 0 Å². The zero-order valence-corrected chi connectivity index (χ0v) is 10.9. The van der Waals surface area contributed by atoms with Gasteiger partial charge < -0.3 is 8.94 Å². The third-order valence-corrected chi connectivity index (χ3v) is 3.54. The van der Waals surface area contributed by atoms with Crippen molar-refractivity contribution in [3.8, 4) is 22.8 Å². The summed E-state index contributed by atoms with van der Waals surface area (Å²) in [7, 11) is -1.04. The molecule has 0 saturated heterocycles. The second-order valence-electron chi connectivity index (χ2n) is 3.92. The van der Waals surface area contributed by atoms with E-state index in [9.17, 15) is 4.21 Å². The van der Waals surface area contributed by atoms with Crippen LogP contribution in [0.15, 0.2) is 56.7 Å². The third-order valence-electron chi connectivity index (χ3n) is 2.62. The summed E-state index contributed by atoms with van der Waals surface area (Å²) in [6.07, 6.45) is 4.72. The van der Waals surface area contributed by atoms with Crippen LogP contribution >= 0.6 is 0 Å². The van der Waals surface area contributed by atoms with E-state index >= 15 is 0 Å². The summed E-state index contributed by atoms with van der Waals surface area (Å²) in [5.74, 6) is 0.857. The van der Waals surface area contributed by atoms with Gasteiger partial charge in [-0.15, -0.1) is 0 Å². The first-order valence-corrected chi connectivity index (χ1v) is 7.10. The van der Waals surface area contributed by atoms with Crippen LogP contribution in [0.3, 0.4) is 0 Å². The van der Waals surface area contributed by atoms with Crippen LogP contribution in [0.5, 0.6) is 0 Å². The first-order valence-electron chi connectivity index (χ1n) is 5.54. The van der Waals surface area contributed by atoms with Crippen LogP contribution < -0.4 is 0 Å². The summed E-state index contributed by atoms with van der Waals surface area (Å²) in [5, 5.41) is 3.89. The maximum absolute atomic E-state index is 11.5. The lowest BCUT2D eigenvalue weighted by atomic mass is 10.2. The van der Waals surface area contributed by atoms with Crippen LogP contribution in [0.2, 0.25) is 0 Å². The van der Waals surface area contributed by atoms with Gasteiger partial charge in [0.05, 0.1) is 11.8 Å². The number of nitrogens with zero attached hydrogens (tertiary/aromatic N) is 2. The van der Waals surface area contributed by atoms with Gasteiger partial charge in [0.2, 0.25) is 5.82 Å². The Bertz CT molecular complexity index is 719. The van der Waals surface area contributed by atoms with Gasteiger partial charge in [-0.1, -0.05) is 11.2 Å². The second-order valence-corrected chi connectivity index (χ2v) is 5.30. The Kier molecular flexibility index (Phi) is 3.00. The molecule has 2 aromatic heterocycles. The Morgan fingerprint density at radius 3 is 2.84 bits per heavy atom. The zero-order valence-electron chi connectivity index (χ0n) is 10.1. The largest absolute Gasteiger partial charge is 0.472 e. The minimum atomic E-state index is -1.04. The zero-order chi connectivity index (χ0) is 13.2. The highest BCUT2D eigenvalue weighted by molar-refractivity contribution is 7.84. The number of furan rings is 1. The molecule has 0 aliphatic rings. The molecule has 3 aromatic rings. The molecule has 0 aliphatic carbocycles. The molecule has 1 unspecified atom stereocenters. The van der Waals surface area contributed by atoms with Gasteiger partial charge in [0, 0.05) is 27.5 Å². The molecule has 96 valence electrons. The topological polar surface area (TPSA) is 69.1 Å². The molecule has 0 spiro atoms. The molecule has 0 N–H and O–H groups in total. The van der Waals surface area contributed by atoms with Crippen molar-refractivity contribution in [3.05, 3.63) is 42.9 Å². The second kappa shape index (κ2) is 4.81. The third kappa shape index (κ3) is 2.34. The molecule has 1 atom stereocenters.